The van der Waals surface area contributed by atoms with E-state index >= 15 is 0 Å². The summed E-state index contributed by atoms with van der Waals surface area (Å²) < 4.78 is 10.4. The highest BCUT2D eigenvalue weighted by atomic mass is 31.0. The summed E-state index contributed by atoms with van der Waals surface area (Å²) in [5.41, 5.74) is 12.3. The van der Waals surface area contributed by atoms with E-state index in [1.165, 1.54) is 38.9 Å². The lowest BCUT2D eigenvalue weighted by molar-refractivity contribution is -0.103. The molecule has 2 atom stereocenters. The van der Waals surface area contributed by atoms with Crippen LogP contribution in [0.1, 0.15) is 208 Å². The SMILES string of the molecule is CC(C)(C)c1ccc(OOc2ccc(C(C)(C)C)cc2C(C)(C)C)c(C(C)(C)C)c1.CC(C)Cc1ccc(OOc2ccc(CC(C)C)cc2C(C)(C)C)c(C(C)(C)C)c1.POc1cccc(Cc2ccccc2OP)c1. The molecule has 0 spiro atoms. The number of para-hydroxylation sites is 1. The molecule has 0 aliphatic rings. The van der Waals surface area contributed by atoms with Crippen molar-refractivity contribution in [2.45, 2.75) is 204 Å². The third-order valence-corrected chi connectivity index (χ3v) is 13.8. The molecule has 8 heteroatoms. The van der Waals surface area contributed by atoms with Gasteiger partial charge < -0.3 is 9.05 Å². The van der Waals surface area contributed by atoms with Gasteiger partial charge in [0, 0.05) is 28.7 Å². The van der Waals surface area contributed by atoms with Crippen LogP contribution in [-0.4, -0.2) is 0 Å². The van der Waals surface area contributed by atoms with Crippen LogP contribution in [0, 0.1) is 11.8 Å². The Morgan fingerprint density at radius 2 is 0.701 bits per heavy atom. The van der Waals surface area contributed by atoms with Crippen molar-refractivity contribution in [3.63, 3.8) is 0 Å². The molecule has 0 N–H and O–H groups in total. The molecule has 2 unspecified atom stereocenters. The lowest BCUT2D eigenvalue weighted by Crippen LogP contribution is -2.20. The van der Waals surface area contributed by atoms with E-state index < -0.39 is 0 Å². The Labute approximate surface area is 472 Å². The molecule has 0 bridgehead atoms. The average Bonchev–Trinajstić information content (AvgIpc) is 3.31. The molecule has 6 aromatic carbocycles. The largest absolute Gasteiger partial charge is 0.480 e. The molecule has 420 valence electrons. The minimum absolute atomic E-state index is 0.0281. The van der Waals surface area contributed by atoms with Crippen LogP contribution >= 0.6 is 18.9 Å². The monoisotopic (exact) mass is 1080 g/mol. The Balaban J connectivity index is 0.000000259. The van der Waals surface area contributed by atoms with Crippen LogP contribution in [-0.2, 0) is 51.8 Å². The molecule has 0 aromatic heterocycles. The van der Waals surface area contributed by atoms with E-state index in [1.54, 1.807) is 0 Å². The van der Waals surface area contributed by atoms with Crippen molar-refractivity contribution >= 4 is 18.9 Å². The highest BCUT2D eigenvalue weighted by Crippen LogP contribution is 2.40. The van der Waals surface area contributed by atoms with Crippen LogP contribution in [0.2, 0.25) is 0 Å². The van der Waals surface area contributed by atoms with E-state index in [0.717, 1.165) is 70.4 Å². The van der Waals surface area contributed by atoms with Crippen LogP contribution in [0.15, 0.2) is 121 Å². The normalized spacial score (nSPS) is 12.3. The van der Waals surface area contributed by atoms with Crippen LogP contribution in [0.3, 0.4) is 0 Å². The molecule has 0 saturated carbocycles. The fourth-order valence-electron chi connectivity index (χ4n) is 8.87. The minimum Gasteiger partial charge on any atom is -0.480 e. The maximum Gasteiger partial charge on any atom is 0.182 e. The number of hydrogen-bond donors (Lipinski definition) is 0. The van der Waals surface area contributed by atoms with Gasteiger partial charge in [-0.15, -0.1) is 0 Å². The Morgan fingerprint density at radius 3 is 1.04 bits per heavy atom. The van der Waals surface area contributed by atoms with Crippen LogP contribution in [0.5, 0.6) is 34.5 Å². The third-order valence-electron chi connectivity index (χ3n) is 13.3. The molecule has 0 radical (unpaired) electrons. The molecule has 77 heavy (non-hydrogen) atoms. The first-order valence-electron chi connectivity index (χ1n) is 27.7. The van der Waals surface area contributed by atoms with E-state index in [9.17, 15) is 0 Å². The Hall–Kier alpha value is -5.02. The third kappa shape index (κ3) is 20.0. The summed E-state index contributed by atoms with van der Waals surface area (Å²) in [4.78, 5) is 23.9. The standard InChI is InChI=1S/2C28H42O2.C13H14O2P2/c1-25(2,3)19-13-15-23(21(17-19)27(7,8)9)29-30-24-16-14-20(26(4,5)6)18-22(24)28(10,11)12;1-19(2)15-21-11-13-25(23(17-21)27(5,6)7)29-30-26-14-12-22(16-20(3)4)18-24(26)28(8,9)10;16-14-12-6-3-4-10(9-12)8-11-5-1-2-7-13(11)15-17/h13-18H,1-12H3;11-14,17-20H,15-16H2,1-10H3;1-7,9H,8,16-17H2. The zero-order valence-corrected chi connectivity index (χ0v) is 53.7. The van der Waals surface area contributed by atoms with Crippen molar-refractivity contribution in [3.05, 3.63) is 177 Å². The summed E-state index contributed by atoms with van der Waals surface area (Å²) in [6.45, 7) is 49.0. The maximum absolute atomic E-state index is 5.98. The Morgan fingerprint density at radius 1 is 0.338 bits per heavy atom. The number of hydrogen-bond acceptors (Lipinski definition) is 6. The second-order valence-corrected chi connectivity index (χ2v) is 28.3. The van der Waals surface area contributed by atoms with Gasteiger partial charge in [0.1, 0.15) is 11.5 Å². The molecule has 6 rings (SSSR count). The smallest absolute Gasteiger partial charge is 0.182 e. The van der Waals surface area contributed by atoms with Gasteiger partial charge >= 0.3 is 0 Å². The molecule has 0 fully saturated rings. The van der Waals surface area contributed by atoms with Gasteiger partial charge in [0.15, 0.2) is 23.0 Å². The second kappa shape index (κ2) is 26.8. The summed E-state index contributed by atoms with van der Waals surface area (Å²) in [5, 5.41) is 0. The quantitative estimate of drug-likeness (QED) is 0.0615. The van der Waals surface area contributed by atoms with Gasteiger partial charge in [0.25, 0.3) is 0 Å². The highest BCUT2D eigenvalue weighted by molar-refractivity contribution is 7.10. The van der Waals surface area contributed by atoms with E-state index in [1.807, 2.05) is 48.5 Å². The molecule has 0 amide bonds. The van der Waals surface area contributed by atoms with Crippen molar-refractivity contribution in [2.75, 3.05) is 0 Å². The summed E-state index contributed by atoms with van der Waals surface area (Å²) in [7, 11) is 4.54. The average molecular weight is 1090 g/mol. The summed E-state index contributed by atoms with van der Waals surface area (Å²) >= 11 is 0. The zero-order valence-electron chi connectivity index (χ0n) is 51.4. The first-order valence-corrected chi connectivity index (χ1v) is 28.6. The van der Waals surface area contributed by atoms with Crippen molar-refractivity contribution in [1.82, 2.24) is 0 Å². The first-order chi connectivity index (χ1) is 35.5. The molecular formula is C69H98O6P2. The summed E-state index contributed by atoms with van der Waals surface area (Å²) in [6, 6.07) is 41.9. The van der Waals surface area contributed by atoms with Crippen molar-refractivity contribution < 1.29 is 28.6 Å². The molecule has 0 aliphatic heterocycles. The lowest BCUT2D eigenvalue weighted by atomic mass is 9.80. The number of benzene rings is 6. The van der Waals surface area contributed by atoms with Crippen LogP contribution in [0.4, 0.5) is 0 Å². The van der Waals surface area contributed by atoms with E-state index in [-0.39, 0.29) is 32.5 Å². The molecule has 6 nitrogen and oxygen atoms in total. The van der Waals surface area contributed by atoms with Gasteiger partial charge in [-0.2, -0.15) is 0 Å². The van der Waals surface area contributed by atoms with Crippen molar-refractivity contribution in [1.29, 1.82) is 0 Å². The van der Waals surface area contributed by atoms with Gasteiger partial charge in [0.2, 0.25) is 0 Å². The van der Waals surface area contributed by atoms with E-state index in [0.29, 0.717) is 11.8 Å². The van der Waals surface area contributed by atoms with Crippen molar-refractivity contribution in [2.24, 2.45) is 11.8 Å². The van der Waals surface area contributed by atoms with Crippen LogP contribution in [0.25, 0.3) is 0 Å². The lowest BCUT2D eigenvalue weighted by Gasteiger charge is -2.28. The zero-order chi connectivity index (χ0) is 57.9. The Bertz CT molecular complexity index is 2670. The van der Waals surface area contributed by atoms with E-state index in [4.69, 9.17) is 28.6 Å². The van der Waals surface area contributed by atoms with Gasteiger partial charge in [-0.1, -0.05) is 231 Å². The number of rotatable bonds is 14. The molecule has 0 aliphatic carbocycles. The van der Waals surface area contributed by atoms with Gasteiger partial charge in [-0.3, -0.25) is 19.6 Å². The first kappa shape index (κ1) is 64.5. The topological polar surface area (TPSA) is 55.4 Å². The second-order valence-electron chi connectivity index (χ2n) is 27.8. The van der Waals surface area contributed by atoms with Crippen molar-refractivity contribution in [3.8, 4) is 34.5 Å². The summed E-state index contributed by atoms with van der Waals surface area (Å²) in [6.07, 6.45) is 2.96. The van der Waals surface area contributed by atoms with E-state index in [2.05, 4.69) is 244 Å². The fraction of sp³-hybridized carbons (Fsp3) is 0.478. The summed E-state index contributed by atoms with van der Waals surface area (Å²) in [5.74, 6) is 6.11. The molecular weight excluding hydrogens is 987 g/mol. The van der Waals surface area contributed by atoms with Gasteiger partial charge in [-0.05, 0) is 133 Å². The highest BCUT2D eigenvalue weighted by Gasteiger charge is 2.28. The molecule has 0 saturated heterocycles. The predicted octanol–water partition coefficient (Wildman–Crippen LogP) is 19.9. The molecule has 0 heterocycles. The minimum atomic E-state index is -0.0527. The van der Waals surface area contributed by atoms with Gasteiger partial charge in [0.05, 0.1) is 18.9 Å². The Kier molecular flexibility index (Phi) is 22.4. The van der Waals surface area contributed by atoms with Crippen LogP contribution < -0.4 is 28.6 Å². The van der Waals surface area contributed by atoms with Gasteiger partial charge in [-0.25, -0.2) is 0 Å². The maximum atomic E-state index is 5.98. The fourth-order valence-corrected chi connectivity index (χ4v) is 9.25. The molecule has 6 aromatic rings. The predicted molar refractivity (Wildman–Crippen MR) is 334 cm³/mol.